The number of hydrogen-bond donors (Lipinski definition) is 1. The Kier molecular flexibility index (Phi) is 3.74. The molecule has 0 aromatic heterocycles. The van der Waals surface area contributed by atoms with Gasteiger partial charge in [-0.2, -0.15) is 0 Å². The second-order valence-corrected chi connectivity index (χ2v) is 4.23. The Labute approximate surface area is 100.0 Å². The molecule has 3 nitrogen and oxygen atoms in total. The molecule has 1 fully saturated rings. The Balaban J connectivity index is 2.09. The number of anilines is 1. The number of halogens is 1. The third kappa shape index (κ3) is 2.82. The molecule has 0 aliphatic carbocycles. The van der Waals surface area contributed by atoms with Gasteiger partial charge in [-0.15, -0.1) is 0 Å². The molecule has 1 aliphatic heterocycles. The van der Waals surface area contributed by atoms with E-state index in [9.17, 15) is 9.18 Å². The fraction of sp³-hybridized carbons (Fsp3) is 0.462. The van der Waals surface area contributed by atoms with E-state index in [2.05, 4.69) is 5.32 Å². The molecule has 2 rings (SSSR count). The summed E-state index contributed by atoms with van der Waals surface area (Å²) in [4.78, 5) is 11.4. The van der Waals surface area contributed by atoms with Crippen molar-refractivity contribution in [1.29, 1.82) is 0 Å². The van der Waals surface area contributed by atoms with Gasteiger partial charge in [-0.1, -0.05) is 6.07 Å². The first-order valence-corrected chi connectivity index (χ1v) is 5.83. The van der Waals surface area contributed by atoms with Crippen LogP contribution in [0.2, 0.25) is 0 Å². The van der Waals surface area contributed by atoms with E-state index in [1.165, 1.54) is 13.0 Å². The van der Waals surface area contributed by atoms with E-state index < -0.39 is 5.82 Å². The van der Waals surface area contributed by atoms with E-state index in [0.717, 1.165) is 19.4 Å². The molecule has 1 N–H and O–H groups in total. The number of Topliss-reactive ketones (excluding diaryl/α,β-unsaturated/α-hetero) is 1. The molecule has 1 aliphatic rings. The van der Waals surface area contributed by atoms with Gasteiger partial charge in [0.15, 0.2) is 5.78 Å². The second-order valence-electron chi connectivity index (χ2n) is 4.23. The minimum Gasteiger partial charge on any atom is -0.382 e. The van der Waals surface area contributed by atoms with Gasteiger partial charge in [0.05, 0.1) is 11.7 Å². The maximum atomic E-state index is 13.5. The number of carbonyl (C=O) groups excluding carboxylic acids is 1. The van der Waals surface area contributed by atoms with Crippen LogP contribution in [0, 0.1) is 5.82 Å². The number of hydrogen-bond acceptors (Lipinski definition) is 3. The third-order valence-electron chi connectivity index (χ3n) is 2.91. The lowest BCUT2D eigenvalue weighted by atomic mass is 10.1. The average molecular weight is 237 g/mol. The van der Waals surface area contributed by atoms with Crippen LogP contribution in [0.25, 0.3) is 0 Å². The predicted octanol–water partition coefficient (Wildman–Crippen LogP) is 2.62. The molecule has 1 atom stereocenters. The smallest absolute Gasteiger partial charge is 0.164 e. The largest absolute Gasteiger partial charge is 0.382 e. The first-order chi connectivity index (χ1) is 8.18. The summed E-state index contributed by atoms with van der Waals surface area (Å²) in [7, 11) is 0. The molecule has 0 bridgehead atoms. The summed E-state index contributed by atoms with van der Waals surface area (Å²) in [5, 5.41) is 3.09. The van der Waals surface area contributed by atoms with Crippen molar-refractivity contribution in [3.63, 3.8) is 0 Å². The highest BCUT2D eigenvalue weighted by atomic mass is 19.1. The minimum absolute atomic E-state index is 0.130. The fourth-order valence-corrected chi connectivity index (χ4v) is 2.06. The number of benzene rings is 1. The Morgan fingerprint density at radius 2 is 2.41 bits per heavy atom. The van der Waals surface area contributed by atoms with Crippen molar-refractivity contribution in [2.45, 2.75) is 25.9 Å². The van der Waals surface area contributed by atoms with Gasteiger partial charge in [0.1, 0.15) is 5.82 Å². The van der Waals surface area contributed by atoms with Crippen molar-refractivity contribution in [3.05, 3.63) is 29.6 Å². The fourth-order valence-electron chi connectivity index (χ4n) is 2.06. The van der Waals surface area contributed by atoms with Gasteiger partial charge in [-0.05, 0) is 31.9 Å². The van der Waals surface area contributed by atoms with Gasteiger partial charge in [-0.25, -0.2) is 4.39 Å². The summed E-state index contributed by atoms with van der Waals surface area (Å²) in [6, 6.07) is 4.61. The second kappa shape index (κ2) is 5.27. The van der Waals surface area contributed by atoms with E-state index in [4.69, 9.17) is 4.74 Å². The average Bonchev–Trinajstić information content (AvgIpc) is 2.78. The van der Waals surface area contributed by atoms with Crippen molar-refractivity contribution in [2.75, 3.05) is 18.5 Å². The highest BCUT2D eigenvalue weighted by molar-refractivity contribution is 5.99. The maximum Gasteiger partial charge on any atom is 0.164 e. The molecule has 1 heterocycles. The first-order valence-electron chi connectivity index (χ1n) is 5.83. The number of carbonyl (C=O) groups is 1. The lowest BCUT2D eigenvalue weighted by molar-refractivity contribution is 0.101. The molecule has 0 amide bonds. The van der Waals surface area contributed by atoms with Crippen LogP contribution in [0.5, 0.6) is 0 Å². The summed E-state index contributed by atoms with van der Waals surface area (Å²) in [6.07, 6.45) is 2.24. The van der Waals surface area contributed by atoms with Crippen LogP contribution in [-0.4, -0.2) is 25.0 Å². The van der Waals surface area contributed by atoms with Crippen LogP contribution in [0.1, 0.15) is 30.1 Å². The van der Waals surface area contributed by atoms with E-state index >= 15 is 0 Å². The number of nitrogens with one attached hydrogen (secondary N) is 1. The highest BCUT2D eigenvalue weighted by Gasteiger charge is 2.17. The van der Waals surface area contributed by atoms with E-state index in [1.54, 1.807) is 12.1 Å². The zero-order valence-corrected chi connectivity index (χ0v) is 9.83. The summed E-state index contributed by atoms with van der Waals surface area (Å²) in [5.41, 5.74) is 0.679. The zero-order chi connectivity index (χ0) is 12.3. The van der Waals surface area contributed by atoms with E-state index in [-0.39, 0.29) is 17.5 Å². The first kappa shape index (κ1) is 12.0. The van der Waals surface area contributed by atoms with Crippen LogP contribution in [-0.2, 0) is 4.74 Å². The predicted molar refractivity (Wildman–Crippen MR) is 63.9 cm³/mol. The molecule has 92 valence electrons. The van der Waals surface area contributed by atoms with Crippen LogP contribution in [0.15, 0.2) is 18.2 Å². The van der Waals surface area contributed by atoms with Crippen LogP contribution in [0.3, 0.4) is 0 Å². The Bertz CT molecular complexity index is 414. The lowest BCUT2D eigenvalue weighted by Crippen LogP contribution is -2.19. The van der Waals surface area contributed by atoms with Crippen molar-refractivity contribution in [3.8, 4) is 0 Å². The number of ketones is 1. The van der Waals surface area contributed by atoms with Crippen molar-refractivity contribution >= 4 is 11.5 Å². The Hall–Kier alpha value is -1.42. The molecule has 17 heavy (non-hydrogen) atoms. The molecule has 0 spiro atoms. The topological polar surface area (TPSA) is 38.3 Å². The monoisotopic (exact) mass is 237 g/mol. The molecule has 0 saturated carbocycles. The van der Waals surface area contributed by atoms with Gasteiger partial charge in [0, 0.05) is 18.8 Å². The van der Waals surface area contributed by atoms with E-state index in [1.807, 2.05) is 0 Å². The zero-order valence-electron chi connectivity index (χ0n) is 9.83. The third-order valence-corrected chi connectivity index (χ3v) is 2.91. The number of ether oxygens (including phenoxy) is 1. The molecular weight excluding hydrogens is 221 g/mol. The maximum absolute atomic E-state index is 13.5. The molecule has 0 radical (unpaired) electrons. The minimum atomic E-state index is -0.477. The van der Waals surface area contributed by atoms with Crippen LogP contribution < -0.4 is 5.32 Å². The highest BCUT2D eigenvalue weighted by Crippen LogP contribution is 2.20. The van der Waals surface area contributed by atoms with Crippen LogP contribution in [0.4, 0.5) is 10.1 Å². The summed E-state index contributed by atoms with van der Waals surface area (Å²) in [6.45, 7) is 2.77. The molecule has 1 unspecified atom stereocenters. The van der Waals surface area contributed by atoms with Gasteiger partial charge < -0.3 is 10.1 Å². The summed E-state index contributed by atoms with van der Waals surface area (Å²) >= 11 is 0. The quantitative estimate of drug-likeness (QED) is 0.818. The lowest BCUT2D eigenvalue weighted by Gasteiger charge is -2.14. The Morgan fingerprint density at radius 1 is 1.59 bits per heavy atom. The molecule has 1 aromatic carbocycles. The molecule has 4 heteroatoms. The SMILES string of the molecule is CC(=O)c1c(F)cccc1NCC1CCCO1. The normalized spacial score (nSPS) is 19.3. The van der Waals surface area contributed by atoms with Crippen LogP contribution >= 0.6 is 0 Å². The number of rotatable bonds is 4. The van der Waals surface area contributed by atoms with Crippen molar-refractivity contribution in [1.82, 2.24) is 0 Å². The van der Waals surface area contributed by atoms with Gasteiger partial charge in [0.25, 0.3) is 0 Å². The van der Waals surface area contributed by atoms with Gasteiger partial charge >= 0.3 is 0 Å². The van der Waals surface area contributed by atoms with Crippen molar-refractivity contribution < 1.29 is 13.9 Å². The van der Waals surface area contributed by atoms with Gasteiger partial charge in [-0.3, -0.25) is 4.79 Å². The van der Waals surface area contributed by atoms with Crippen molar-refractivity contribution in [2.24, 2.45) is 0 Å². The molecule has 1 saturated heterocycles. The molecule has 1 aromatic rings. The van der Waals surface area contributed by atoms with Gasteiger partial charge in [0.2, 0.25) is 0 Å². The Morgan fingerprint density at radius 3 is 3.06 bits per heavy atom. The van der Waals surface area contributed by atoms with E-state index in [0.29, 0.717) is 12.2 Å². The summed E-state index contributed by atoms with van der Waals surface area (Å²) in [5.74, 6) is -0.743. The summed E-state index contributed by atoms with van der Waals surface area (Å²) < 4.78 is 19.0. The standard InChI is InChI=1S/C13H16FNO2/c1-9(16)13-11(14)5-2-6-12(13)15-8-10-4-3-7-17-10/h2,5-6,10,15H,3-4,7-8H2,1H3. The molecular formula is C13H16FNO2.